The van der Waals surface area contributed by atoms with E-state index in [1.54, 1.807) is 41.3 Å². The molecule has 0 radical (unpaired) electrons. The van der Waals surface area contributed by atoms with Gasteiger partial charge in [-0.3, -0.25) is 4.79 Å². The summed E-state index contributed by atoms with van der Waals surface area (Å²) in [7, 11) is 1.83. The average molecular weight is 632 g/mol. The molecule has 2 aliphatic rings. The lowest BCUT2D eigenvalue weighted by Gasteiger charge is -2.35. The number of nitrogens with zero attached hydrogens (tertiary/aromatic N) is 3. The molecule has 2 heterocycles. The lowest BCUT2D eigenvalue weighted by atomic mass is 9.97. The van der Waals surface area contributed by atoms with Gasteiger partial charge in [-0.15, -0.1) is 0 Å². The molecule has 2 aromatic carbocycles. The van der Waals surface area contributed by atoms with Crippen molar-refractivity contribution in [3.8, 4) is 0 Å². The highest BCUT2D eigenvalue weighted by molar-refractivity contribution is 6.36. The number of benzene rings is 2. The molecule has 1 atom stereocenters. The first-order chi connectivity index (χ1) is 18.9. The molecule has 5 nitrogen and oxygen atoms in total. The third-order valence-corrected chi connectivity index (χ3v) is 8.82. The maximum absolute atomic E-state index is 13.4. The van der Waals surface area contributed by atoms with E-state index < -0.39 is 12.1 Å². The van der Waals surface area contributed by atoms with Gasteiger partial charge in [-0.05, 0) is 54.7 Å². The second-order valence-electron chi connectivity index (χ2n) is 10.0. The fourth-order valence-electron chi connectivity index (χ4n) is 5.16. The summed E-state index contributed by atoms with van der Waals surface area (Å²) in [5.41, 5.74) is 3.82. The lowest BCUT2D eigenvalue weighted by Crippen LogP contribution is -2.41. The standard InChI is InChI=1S/C28H25Cl4F3N4O/c1-38-24-12-23(39-8-2-3-17(14-39)28(33,34)35)21(31)11-22(24)37-25(38)10-19-20(30)7-5-16(26(19)32)13-36-27(40)15-4-6-18(29)9-15/h5-7,9,11-12,17H,2-4,8,10,13-14H2,1H3,(H,36,40). The molecule has 212 valence electrons. The summed E-state index contributed by atoms with van der Waals surface area (Å²) in [5.74, 6) is -0.963. The van der Waals surface area contributed by atoms with Crippen molar-refractivity contribution >= 4 is 69.0 Å². The van der Waals surface area contributed by atoms with Gasteiger partial charge in [-0.25, -0.2) is 4.98 Å². The van der Waals surface area contributed by atoms with Gasteiger partial charge in [0, 0.05) is 48.7 Å². The predicted octanol–water partition coefficient (Wildman–Crippen LogP) is 7.97. The van der Waals surface area contributed by atoms with E-state index in [-0.39, 0.29) is 25.4 Å². The first kappa shape index (κ1) is 29.1. The van der Waals surface area contributed by atoms with Gasteiger partial charge in [-0.1, -0.05) is 58.5 Å². The number of aryl methyl sites for hydroxylation is 1. The zero-order chi connectivity index (χ0) is 28.8. The number of allylic oxidation sites excluding steroid dienone is 3. The quantitative estimate of drug-likeness (QED) is 0.300. The van der Waals surface area contributed by atoms with E-state index in [9.17, 15) is 18.0 Å². The number of nitrogens with one attached hydrogen (secondary N) is 1. The van der Waals surface area contributed by atoms with Gasteiger partial charge in [0.25, 0.3) is 0 Å². The Labute approximate surface area is 249 Å². The van der Waals surface area contributed by atoms with Crippen molar-refractivity contribution in [3.63, 3.8) is 0 Å². The normalized spacial score (nSPS) is 17.8. The molecular weight excluding hydrogens is 607 g/mol. The summed E-state index contributed by atoms with van der Waals surface area (Å²) in [6.07, 6.45) is 0.474. The number of alkyl halides is 3. The molecule has 1 aromatic heterocycles. The number of anilines is 1. The van der Waals surface area contributed by atoms with Crippen molar-refractivity contribution in [3.05, 3.63) is 79.0 Å². The van der Waals surface area contributed by atoms with Gasteiger partial charge in [-0.2, -0.15) is 13.2 Å². The van der Waals surface area contributed by atoms with Crippen molar-refractivity contribution in [2.75, 3.05) is 18.0 Å². The molecule has 1 saturated heterocycles. The maximum atomic E-state index is 13.4. The largest absolute Gasteiger partial charge is 0.393 e. The van der Waals surface area contributed by atoms with Crippen molar-refractivity contribution in [1.29, 1.82) is 0 Å². The number of amides is 1. The highest BCUT2D eigenvalue weighted by Crippen LogP contribution is 2.39. The molecule has 0 bridgehead atoms. The van der Waals surface area contributed by atoms with Crippen molar-refractivity contribution in [2.45, 2.75) is 38.4 Å². The monoisotopic (exact) mass is 630 g/mol. The predicted molar refractivity (Wildman–Crippen MR) is 154 cm³/mol. The van der Waals surface area contributed by atoms with E-state index in [2.05, 4.69) is 5.32 Å². The Bertz CT molecular complexity index is 1550. The van der Waals surface area contributed by atoms with Gasteiger partial charge in [0.15, 0.2) is 0 Å². The maximum Gasteiger partial charge on any atom is 0.393 e. The van der Waals surface area contributed by atoms with Crippen molar-refractivity contribution in [2.24, 2.45) is 13.0 Å². The Hall–Kier alpha value is -2.39. The van der Waals surface area contributed by atoms with Gasteiger partial charge >= 0.3 is 6.18 Å². The Kier molecular flexibility index (Phi) is 8.35. The summed E-state index contributed by atoms with van der Waals surface area (Å²) in [4.78, 5) is 18.9. The summed E-state index contributed by atoms with van der Waals surface area (Å²) in [5, 5.41) is 4.62. The van der Waals surface area contributed by atoms with Crippen LogP contribution in [0.25, 0.3) is 11.0 Å². The van der Waals surface area contributed by atoms with Gasteiger partial charge in [0.05, 0.1) is 32.7 Å². The number of hydrogen-bond acceptors (Lipinski definition) is 3. The fraction of sp³-hybridized carbons (Fsp3) is 0.357. The molecule has 1 amide bonds. The molecule has 1 fully saturated rings. The Balaban J connectivity index is 1.38. The minimum absolute atomic E-state index is 0.114. The topological polar surface area (TPSA) is 50.2 Å². The molecule has 1 aliphatic carbocycles. The van der Waals surface area contributed by atoms with Crippen LogP contribution in [-0.4, -0.2) is 34.7 Å². The number of piperidine rings is 1. The number of imidazole rings is 1. The summed E-state index contributed by atoms with van der Waals surface area (Å²) < 4.78 is 42.1. The van der Waals surface area contributed by atoms with Crippen LogP contribution in [0.5, 0.6) is 0 Å². The van der Waals surface area contributed by atoms with Crippen LogP contribution < -0.4 is 10.2 Å². The van der Waals surface area contributed by atoms with E-state index in [1.807, 2.05) is 11.6 Å². The van der Waals surface area contributed by atoms with Crippen LogP contribution in [0.1, 0.15) is 36.2 Å². The van der Waals surface area contributed by atoms with Crippen LogP contribution in [0.2, 0.25) is 15.1 Å². The van der Waals surface area contributed by atoms with Gasteiger partial charge in [0.2, 0.25) is 5.91 Å². The number of aromatic nitrogens is 2. The number of rotatable bonds is 6. The third-order valence-electron chi connectivity index (χ3n) is 7.43. The molecule has 1 aliphatic heterocycles. The number of halogens is 7. The first-order valence-electron chi connectivity index (χ1n) is 12.7. The Morgan fingerprint density at radius 2 is 1.93 bits per heavy atom. The summed E-state index contributed by atoms with van der Waals surface area (Å²) in [6, 6.07) is 6.96. The van der Waals surface area contributed by atoms with Crippen molar-refractivity contribution in [1.82, 2.24) is 14.9 Å². The van der Waals surface area contributed by atoms with E-state index in [1.165, 1.54) is 0 Å². The average Bonchev–Trinajstić information content (AvgIpc) is 3.47. The third kappa shape index (κ3) is 5.96. The van der Waals surface area contributed by atoms with Crippen molar-refractivity contribution < 1.29 is 18.0 Å². The number of fused-ring (bicyclic) bond motifs is 1. The summed E-state index contributed by atoms with van der Waals surface area (Å²) >= 11 is 25.8. The second kappa shape index (κ2) is 11.5. The molecule has 1 unspecified atom stereocenters. The minimum atomic E-state index is -4.25. The van der Waals surface area contributed by atoms with Gasteiger partial charge < -0.3 is 14.8 Å². The lowest BCUT2D eigenvalue weighted by molar-refractivity contribution is -0.176. The van der Waals surface area contributed by atoms with Crippen LogP contribution in [0, 0.1) is 5.92 Å². The number of hydrogen-bond donors (Lipinski definition) is 1. The number of carbonyl (C=O) groups is 1. The smallest absolute Gasteiger partial charge is 0.370 e. The highest BCUT2D eigenvalue weighted by atomic mass is 35.5. The molecule has 0 saturated carbocycles. The van der Waals surface area contributed by atoms with E-state index in [4.69, 9.17) is 51.4 Å². The number of carbonyl (C=O) groups excluding carboxylic acids is 1. The van der Waals surface area contributed by atoms with E-state index >= 15 is 0 Å². The molecule has 5 rings (SSSR count). The van der Waals surface area contributed by atoms with Crippen LogP contribution in [0.4, 0.5) is 18.9 Å². The van der Waals surface area contributed by atoms with Crippen LogP contribution in [0.15, 0.2) is 47.0 Å². The fourth-order valence-corrected chi connectivity index (χ4v) is 6.21. The molecule has 1 N–H and O–H groups in total. The van der Waals surface area contributed by atoms with E-state index in [0.717, 1.165) is 5.52 Å². The second-order valence-corrected chi connectivity index (χ2v) is 11.7. The minimum Gasteiger partial charge on any atom is -0.370 e. The zero-order valence-electron chi connectivity index (χ0n) is 21.4. The SMILES string of the molecule is Cn1c(Cc2c(Cl)ccc(CNC(=O)C3=CC(Cl)=CC3)c2Cl)nc2cc(Cl)c(N3CCCC(C(F)(F)F)C3)cc21. The highest BCUT2D eigenvalue weighted by Gasteiger charge is 2.42. The molecule has 0 spiro atoms. The van der Waals surface area contributed by atoms with Gasteiger partial charge in [0.1, 0.15) is 5.82 Å². The van der Waals surface area contributed by atoms with Crippen LogP contribution in [0.3, 0.4) is 0 Å². The Morgan fingerprint density at radius 3 is 2.62 bits per heavy atom. The molecule has 12 heteroatoms. The molecular formula is C28H25Cl4F3N4O. The zero-order valence-corrected chi connectivity index (χ0v) is 24.4. The van der Waals surface area contributed by atoms with Crippen LogP contribution >= 0.6 is 46.4 Å². The Morgan fingerprint density at radius 1 is 1.15 bits per heavy atom. The molecule has 3 aromatic rings. The van der Waals surface area contributed by atoms with E-state index in [0.29, 0.717) is 79.6 Å². The van der Waals surface area contributed by atoms with Crippen LogP contribution in [-0.2, 0) is 24.8 Å². The molecule has 40 heavy (non-hydrogen) atoms. The first-order valence-corrected chi connectivity index (χ1v) is 14.2. The summed E-state index contributed by atoms with van der Waals surface area (Å²) in [6.45, 7) is 0.569.